The van der Waals surface area contributed by atoms with E-state index in [-0.39, 0.29) is 0 Å². The van der Waals surface area contributed by atoms with E-state index in [2.05, 4.69) is 0 Å². The standard InChI is InChI=1S/C13H9ClO3S/c14-8-1-2-10-9(6-8)12-7(3-4-17-10)5-11(18-12)13(15)16/h1-2,5-6H,3-4H2,(H,15,16). The van der Waals surface area contributed by atoms with Gasteiger partial charge in [0.25, 0.3) is 0 Å². The quantitative estimate of drug-likeness (QED) is 0.866. The third kappa shape index (κ3) is 1.87. The molecular weight excluding hydrogens is 272 g/mol. The van der Waals surface area contributed by atoms with Gasteiger partial charge in [0.05, 0.1) is 6.61 Å². The van der Waals surface area contributed by atoms with Crippen LogP contribution >= 0.6 is 22.9 Å². The minimum Gasteiger partial charge on any atom is -0.493 e. The highest BCUT2D eigenvalue weighted by molar-refractivity contribution is 7.17. The Balaban J connectivity index is 2.22. The Labute approximate surface area is 113 Å². The molecule has 0 amide bonds. The third-order valence-corrected chi connectivity index (χ3v) is 4.27. The van der Waals surface area contributed by atoms with Crippen LogP contribution in [-0.2, 0) is 6.42 Å². The largest absolute Gasteiger partial charge is 0.493 e. The van der Waals surface area contributed by atoms with Crippen molar-refractivity contribution in [1.29, 1.82) is 0 Å². The number of aromatic carboxylic acids is 1. The van der Waals surface area contributed by atoms with Crippen LogP contribution in [0.5, 0.6) is 5.75 Å². The molecule has 0 bridgehead atoms. The maximum Gasteiger partial charge on any atom is 0.345 e. The minimum absolute atomic E-state index is 0.354. The molecule has 1 N–H and O–H groups in total. The van der Waals surface area contributed by atoms with Crippen LogP contribution in [0, 0.1) is 0 Å². The Morgan fingerprint density at radius 2 is 2.22 bits per heavy atom. The summed E-state index contributed by atoms with van der Waals surface area (Å²) in [4.78, 5) is 12.3. The Kier molecular flexibility index (Phi) is 2.76. The van der Waals surface area contributed by atoms with Gasteiger partial charge in [-0.2, -0.15) is 0 Å². The van der Waals surface area contributed by atoms with Gasteiger partial charge in [0.2, 0.25) is 0 Å². The van der Waals surface area contributed by atoms with Crippen molar-refractivity contribution in [1.82, 2.24) is 0 Å². The molecule has 3 nitrogen and oxygen atoms in total. The zero-order valence-corrected chi connectivity index (χ0v) is 10.8. The topological polar surface area (TPSA) is 46.5 Å². The summed E-state index contributed by atoms with van der Waals surface area (Å²) in [5, 5.41) is 9.68. The van der Waals surface area contributed by atoms with Gasteiger partial charge in [0.1, 0.15) is 10.6 Å². The minimum atomic E-state index is -0.891. The van der Waals surface area contributed by atoms with Crippen molar-refractivity contribution in [2.75, 3.05) is 6.61 Å². The second kappa shape index (κ2) is 4.30. The molecule has 0 saturated heterocycles. The van der Waals surface area contributed by atoms with E-state index in [1.165, 1.54) is 11.3 Å². The van der Waals surface area contributed by atoms with Crippen molar-refractivity contribution in [3.8, 4) is 16.2 Å². The van der Waals surface area contributed by atoms with Gasteiger partial charge in [-0.15, -0.1) is 11.3 Å². The molecule has 3 rings (SSSR count). The fourth-order valence-corrected chi connectivity index (χ4v) is 3.27. The first-order valence-electron chi connectivity index (χ1n) is 5.44. The van der Waals surface area contributed by atoms with Crippen LogP contribution in [0.1, 0.15) is 15.2 Å². The number of hydrogen-bond donors (Lipinski definition) is 1. The summed E-state index contributed by atoms with van der Waals surface area (Å²) < 4.78 is 5.65. The molecule has 2 aromatic rings. The van der Waals surface area contributed by atoms with E-state index in [0.717, 1.165) is 21.8 Å². The lowest BCUT2D eigenvalue weighted by molar-refractivity contribution is 0.0702. The summed E-state index contributed by atoms with van der Waals surface area (Å²) in [6, 6.07) is 7.15. The van der Waals surface area contributed by atoms with Gasteiger partial charge < -0.3 is 9.84 Å². The Hall–Kier alpha value is -1.52. The monoisotopic (exact) mass is 280 g/mol. The van der Waals surface area contributed by atoms with E-state index >= 15 is 0 Å². The van der Waals surface area contributed by atoms with Crippen molar-refractivity contribution in [2.24, 2.45) is 0 Å². The van der Waals surface area contributed by atoms with Crippen LogP contribution in [0.2, 0.25) is 5.02 Å². The Morgan fingerprint density at radius 3 is 3.00 bits per heavy atom. The molecule has 0 aliphatic carbocycles. The fraction of sp³-hybridized carbons (Fsp3) is 0.154. The molecule has 1 aliphatic heterocycles. The van der Waals surface area contributed by atoms with E-state index in [4.69, 9.17) is 21.4 Å². The van der Waals surface area contributed by atoms with Crippen molar-refractivity contribution in [3.05, 3.63) is 39.7 Å². The van der Waals surface area contributed by atoms with Crippen LogP contribution in [-0.4, -0.2) is 17.7 Å². The fourth-order valence-electron chi connectivity index (χ4n) is 2.02. The number of ether oxygens (including phenoxy) is 1. The second-order valence-corrected chi connectivity index (χ2v) is 5.50. The zero-order chi connectivity index (χ0) is 12.7. The van der Waals surface area contributed by atoms with E-state index in [9.17, 15) is 4.79 Å². The van der Waals surface area contributed by atoms with Crippen LogP contribution in [0.4, 0.5) is 0 Å². The summed E-state index contributed by atoms with van der Waals surface area (Å²) in [5.41, 5.74) is 1.89. The van der Waals surface area contributed by atoms with Gasteiger partial charge in [0, 0.05) is 21.9 Å². The molecule has 92 valence electrons. The molecular formula is C13H9ClO3S. The lowest BCUT2D eigenvalue weighted by Crippen LogP contribution is -1.98. The number of hydrogen-bond acceptors (Lipinski definition) is 3. The van der Waals surface area contributed by atoms with E-state index in [1.54, 1.807) is 12.1 Å². The van der Waals surface area contributed by atoms with Gasteiger partial charge in [-0.05, 0) is 29.8 Å². The predicted molar refractivity (Wildman–Crippen MR) is 70.9 cm³/mol. The number of carboxylic acid groups (broad SMARTS) is 1. The molecule has 0 unspecified atom stereocenters. The first kappa shape index (κ1) is 11.6. The maximum absolute atomic E-state index is 11.0. The van der Waals surface area contributed by atoms with Crippen molar-refractivity contribution in [3.63, 3.8) is 0 Å². The molecule has 1 aliphatic rings. The normalized spacial score (nSPS) is 13.2. The highest BCUT2D eigenvalue weighted by Gasteiger charge is 2.21. The number of carbonyl (C=O) groups is 1. The summed E-state index contributed by atoms with van der Waals surface area (Å²) in [7, 11) is 0. The average molecular weight is 281 g/mol. The summed E-state index contributed by atoms with van der Waals surface area (Å²) in [6.07, 6.45) is 0.714. The SMILES string of the molecule is O=C(O)c1cc2c(s1)-c1cc(Cl)ccc1OCC2. The van der Waals surface area contributed by atoms with Crippen molar-refractivity contribution >= 4 is 28.9 Å². The molecule has 0 fully saturated rings. The van der Waals surface area contributed by atoms with Gasteiger partial charge in [-0.25, -0.2) is 4.79 Å². The molecule has 0 atom stereocenters. The zero-order valence-electron chi connectivity index (χ0n) is 9.27. The number of thiophene rings is 1. The van der Waals surface area contributed by atoms with Gasteiger partial charge in [-0.3, -0.25) is 0 Å². The van der Waals surface area contributed by atoms with E-state index in [1.807, 2.05) is 12.1 Å². The van der Waals surface area contributed by atoms with Gasteiger partial charge in [0.15, 0.2) is 0 Å². The predicted octanol–water partition coefficient (Wildman–Crippen LogP) is 3.70. The molecule has 0 spiro atoms. The number of benzene rings is 1. The third-order valence-electron chi connectivity index (χ3n) is 2.83. The van der Waals surface area contributed by atoms with Crippen molar-refractivity contribution < 1.29 is 14.6 Å². The number of rotatable bonds is 1. The van der Waals surface area contributed by atoms with E-state index in [0.29, 0.717) is 22.9 Å². The van der Waals surface area contributed by atoms with Crippen LogP contribution in [0.3, 0.4) is 0 Å². The lowest BCUT2D eigenvalue weighted by Gasteiger charge is -2.06. The number of carboxylic acids is 1. The molecule has 2 heterocycles. The summed E-state index contributed by atoms with van der Waals surface area (Å²) in [6.45, 7) is 0.553. The average Bonchev–Trinajstić information content (AvgIpc) is 2.68. The Bertz CT molecular complexity index is 633. The van der Waals surface area contributed by atoms with Gasteiger partial charge in [-0.1, -0.05) is 11.6 Å². The van der Waals surface area contributed by atoms with Crippen LogP contribution < -0.4 is 4.74 Å². The molecule has 1 aromatic heterocycles. The number of halogens is 1. The maximum atomic E-state index is 11.0. The number of fused-ring (bicyclic) bond motifs is 3. The highest BCUT2D eigenvalue weighted by Crippen LogP contribution is 2.41. The van der Waals surface area contributed by atoms with E-state index < -0.39 is 5.97 Å². The van der Waals surface area contributed by atoms with Crippen LogP contribution in [0.25, 0.3) is 10.4 Å². The van der Waals surface area contributed by atoms with Gasteiger partial charge >= 0.3 is 5.97 Å². The summed E-state index contributed by atoms with van der Waals surface area (Å²) in [5.74, 6) is -0.130. The molecule has 18 heavy (non-hydrogen) atoms. The second-order valence-electron chi connectivity index (χ2n) is 4.01. The highest BCUT2D eigenvalue weighted by atomic mass is 35.5. The van der Waals surface area contributed by atoms with Crippen LogP contribution in [0.15, 0.2) is 24.3 Å². The molecule has 0 radical (unpaired) electrons. The first-order valence-corrected chi connectivity index (χ1v) is 6.63. The molecule has 1 aromatic carbocycles. The molecule has 0 saturated carbocycles. The lowest BCUT2D eigenvalue weighted by atomic mass is 10.1. The first-order chi connectivity index (χ1) is 8.65. The van der Waals surface area contributed by atoms with Crippen molar-refractivity contribution in [2.45, 2.75) is 6.42 Å². The smallest absolute Gasteiger partial charge is 0.345 e. The summed E-state index contributed by atoms with van der Waals surface area (Å²) >= 11 is 7.27. The Morgan fingerprint density at radius 1 is 1.39 bits per heavy atom. The molecule has 5 heteroatoms.